The van der Waals surface area contributed by atoms with Gasteiger partial charge in [0.2, 0.25) is 0 Å². The van der Waals surface area contributed by atoms with Crippen molar-refractivity contribution in [3.05, 3.63) is 53.6 Å². The maximum atomic E-state index is 12.5. The zero-order chi connectivity index (χ0) is 20.3. The van der Waals surface area contributed by atoms with Crippen LogP contribution in [0.2, 0.25) is 0 Å². The molecule has 28 heavy (non-hydrogen) atoms. The maximum absolute atomic E-state index is 12.5. The number of anilines is 2. The lowest BCUT2D eigenvalue weighted by atomic mass is 10.1. The summed E-state index contributed by atoms with van der Waals surface area (Å²) in [6.07, 6.45) is 1.97. The molecule has 0 saturated heterocycles. The highest BCUT2D eigenvalue weighted by Crippen LogP contribution is 2.34. The molecule has 0 aromatic heterocycles. The van der Waals surface area contributed by atoms with E-state index in [9.17, 15) is 18.0 Å². The second-order valence-electron chi connectivity index (χ2n) is 6.74. The zero-order valence-electron chi connectivity index (χ0n) is 15.8. The predicted molar refractivity (Wildman–Crippen MR) is 108 cm³/mol. The molecule has 3 rings (SSSR count). The Kier molecular flexibility index (Phi) is 5.69. The summed E-state index contributed by atoms with van der Waals surface area (Å²) in [5, 5.41) is 2.80. The van der Waals surface area contributed by atoms with E-state index in [1.807, 2.05) is 6.92 Å². The number of nitrogens with zero attached hydrogens (tertiary/aromatic N) is 1. The van der Waals surface area contributed by atoms with Crippen LogP contribution in [0.5, 0.6) is 5.75 Å². The van der Waals surface area contributed by atoms with E-state index in [1.54, 1.807) is 47.4 Å². The van der Waals surface area contributed by atoms with Gasteiger partial charge >= 0.3 is 0 Å². The molecular formula is C20H22N2O5S. The number of carbonyl (C=O) groups is 2. The molecule has 0 unspecified atom stereocenters. The third-order valence-electron chi connectivity index (χ3n) is 4.25. The first-order chi connectivity index (χ1) is 13.3. The number of ether oxygens (including phenoxy) is 1. The molecule has 0 bridgehead atoms. The first kappa shape index (κ1) is 19.9. The quantitative estimate of drug-likeness (QED) is 0.802. The lowest BCUT2D eigenvalue weighted by Gasteiger charge is -2.29. The standard InChI is InChI=1S/C20H22N2O5S/c1-3-10-22-17-11-16(8-9-18(17)27-12-19(22)23)21-20(24)15-6-4-14(5-7-15)13-28(2,25)26/h4-9,11H,3,10,12-13H2,1-2H3,(H,21,24). The Morgan fingerprint density at radius 3 is 2.54 bits per heavy atom. The number of hydrogen-bond acceptors (Lipinski definition) is 5. The Labute approximate surface area is 164 Å². The van der Waals surface area contributed by atoms with Crippen LogP contribution in [0.25, 0.3) is 0 Å². The van der Waals surface area contributed by atoms with E-state index in [-0.39, 0.29) is 24.2 Å². The van der Waals surface area contributed by atoms with Gasteiger partial charge in [-0.25, -0.2) is 8.42 Å². The lowest BCUT2D eigenvalue weighted by Crippen LogP contribution is -2.39. The van der Waals surface area contributed by atoms with E-state index in [1.165, 1.54) is 6.26 Å². The molecular weight excluding hydrogens is 380 g/mol. The second kappa shape index (κ2) is 8.02. The van der Waals surface area contributed by atoms with Crippen LogP contribution in [0, 0.1) is 0 Å². The first-order valence-electron chi connectivity index (χ1n) is 8.92. The largest absolute Gasteiger partial charge is 0.482 e. The van der Waals surface area contributed by atoms with E-state index in [0.717, 1.165) is 6.42 Å². The van der Waals surface area contributed by atoms with Crippen molar-refractivity contribution < 1.29 is 22.7 Å². The fourth-order valence-electron chi connectivity index (χ4n) is 3.01. The summed E-state index contributed by atoms with van der Waals surface area (Å²) in [5.74, 6) is 0.104. The van der Waals surface area contributed by atoms with Crippen molar-refractivity contribution in [3.63, 3.8) is 0 Å². The van der Waals surface area contributed by atoms with Gasteiger partial charge in [-0.1, -0.05) is 19.1 Å². The fourth-order valence-corrected chi connectivity index (χ4v) is 3.80. The van der Waals surface area contributed by atoms with Gasteiger partial charge in [0.1, 0.15) is 5.75 Å². The monoisotopic (exact) mass is 402 g/mol. The molecule has 0 aliphatic carbocycles. The fraction of sp³-hybridized carbons (Fsp3) is 0.300. The minimum Gasteiger partial charge on any atom is -0.482 e. The molecule has 1 aliphatic rings. The molecule has 7 nitrogen and oxygen atoms in total. The predicted octanol–water partition coefficient (Wildman–Crippen LogP) is 2.62. The van der Waals surface area contributed by atoms with Crippen LogP contribution in [0.15, 0.2) is 42.5 Å². The summed E-state index contributed by atoms with van der Waals surface area (Å²) < 4.78 is 28.2. The summed E-state index contributed by atoms with van der Waals surface area (Å²) in [6.45, 7) is 2.58. The highest BCUT2D eigenvalue weighted by Gasteiger charge is 2.25. The second-order valence-corrected chi connectivity index (χ2v) is 8.88. The molecule has 1 heterocycles. The van der Waals surface area contributed by atoms with Crippen LogP contribution in [0.1, 0.15) is 29.3 Å². The SMILES string of the molecule is CCCN1C(=O)COc2ccc(NC(=O)c3ccc(CS(C)(=O)=O)cc3)cc21. The molecule has 0 spiro atoms. The summed E-state index contributed by atoms with van der Waals surface area (Å²) in [5.41, 5.74) is 2.22. The average Bonchev–Trinajstić information content (AvgIpc) is 2.63. The van der Waals surface area contributed by atoms with E-state index >= 15 is 0 Å². The third-order valence-corrected chi connectivity index (χ3v) is 5.11. The average molecular weight is 402 g/mol. The summed E-state index contributed by atoms with van der Waals surface area (Å²) in [6, 6.07) is 11.6. The van der Waals surface area contributed by atoms with E-state index in [2.05, 4.69) is 5.32 Å². The molecule has 0 saturated carbocycles. The van der Waals surface area contributed by atoms with E-state index in [4.69, 9.17) is 4.74 Å². The molecule has 1 N–H and O–H groups in total. The topological polar surface area (TPSA) is 92.8 Å². The Morgan fingerprint density at radius 1 is 1.18 bits per heavy atom. The molecule has 1 aliphatic heterocycles. The molecule has 2 amide bonds. The van der Waals surface area contributed by atoms with Gasteiger partial charge in [0.25, 0.3) is 11.8 Å². The van der Waals surface area contributed by atoms with Gasteiger partial charge in [-0.05, 0) is 42.3 Å². The smallest absolute Gasteiger partial charge is 0.265 e. The molecule has 0 radical (unpaired) electrons. The van der Waals surface area contributed by atoms with E-state index in [0.29, 0.717) is 34.8 Å². The number of hydrogen-bond donors (Lipinski definition) is 1. The Morgan fingerprint density at radius 2 is 1.89 bits per heavy atom. The summed E-state index contributed by atoms with van der Waals surface area (Å²) >= 11 is 0. The van der Waals surface area contributed by atoms with Crippen molar-refractivity contribution in [2.75, 3.05) is 29.6 Å². The van der Waals surface area contributed by atoms with Crippen LogP contribution >= 0.6 is 0 Å². The minimum absolute atomic E-state index is 0.0124. The van der Waals surface area contributed by atoms with Gasteiger partial charge in [0.15, 0.2) is 16.4 Å². The molecule has 148 valence electrons. The minimum atomic E-state index is -3.13. The zero-order valence-corrected chi connectivity index (χ0v) is 16.6. The maximum Gasteiger partial charge on any atom is 0.265 e. The van der Waals surface area contributed by atoms with Crippen LogP contribution in [0.3, 0.4) is 0 Å². The number of benzene rings is 2. The van der Waals surface area contributed by atoms with Gasteiger partial charge < -0.3 is 15.0 Å². The van der Waals surface area contributed by atoms with Crippen molar-refractivity contribution in [3.8, 4) is 5.75 Å². The van der Waals surface area contributed by atoms with Crippen LogP contribution < -0.4 is 15.0 Å². The van der Waals surface area contributed by atoms with Crippen molar-refractivity contribution >= 4 is 33.0 Å². The Bertz CT molecular complexity index is 1000. The number of rotatable bonds is 6. The van der Waals surface area contributed by atoms with Crippen LogP contribution in [-0.2, 0) is 20.4 Å². The highest BCUT2D eigenvalue weighted by atomic mass is 32.2. The molecule has 2 aromatic rings. The summed E-state index contributed by atoms with van der Waals surface area (Å²) in [7, 11) is -3.13. The number of fused-ring (bicyclic) bond motifs is 1. The summed E-state index contributed by atoms with van der Waals surface area (Å²) in [4.78, 5) is 26.3. The molecule has 8 heteroatoms. The van der Waals surface area contributed by atoms with Gasteiger partial charge in [0.05, 0.1) is 11.4 Å². The van der Waals surface area contributed by atoms with Crippen molar-refractivity contribution in [2.24, 2.45) is 0 Å². The molecule has 2 aromatic carbocycles. The molecule has 0 fully saturated rings. The van der Waals surface area contributed by atoms with Gasteiger partial charge in [-0.2, -0.15) is 0 Å². The number of nitrogens with one attached hydrogen (secondary N) is 1. The number of amides is 2. The van der Waals surface area contributed by atoms with Crippen molar-refractivity contribution in [1.82, 2.24) is 0 Å². The van der Waals surface area contributed by atoms with Crippen molar-refractivity contribution in [2.45, 2.75) is 19.1 Å². The number of sulfone groups is 1. The third kappa shape index (κ3) is 4.69. The first-order valence-corrected chi connectivity index (χ1v) is 11.0. The lowest BCUT2D eigenvalue weighted by molar-refractivity contribution is -0.121. The van der Waals surface area contributed by atoms with Crippen LogP contribution in [0.4, 0.5) is 11.4 Å². The Hall–Kier alpha value is -2.87. The van der Waals surface area contributed by atoms with Crippen LogP contribution in [-0.4, -0.2) is 39.6 Å². The molecule has 0 atom stereocenters. The number of carbonyl (C=O) groups excluding carboxylic acids is 2. The van der Waals surface area contributed by atoms with E-state index < -0.39 is 9.84 Å². The van der Waals surface area contributed by atoms with Gasteiger partial charge in [-0.15, -0.1) is 0 Å². The van der Waals surface area contributed by atoms with Gasteiger partial charge in [0, 0.05) is 24.1 Å². The Balaban J connectivity index is 1.77. The van der Waals surface area contributed by atoms with Crippen molar-refractivity contribution in [1.29, 1.82) is 0 Å². The highest BCUT2D eigenvalue weighted by molar-refractivity contribution is 7.89. The van der Waals surface area contributed by atoms with Gasteiger partial charge in [-0.3, -0.25) is 9.59 Å². The normalized spacial score (nSPS) is 13.6.